The Labute approximate surface area is 211 Å². The summed E-state index contributed by atoms with van der Waals surface area (Å²) in [5.41, 5.74) is 1.38. The molecule has 0 spiro atoms. The van der Waals surface area contributed by atoms with Crippen molar-refractivity contribution < 1.29 is 14.0 Å². The van der Waals surface area contributed by atoms with Gasteiger partial charge >= 0.3 is 0 Å². The van der Waals surface area contributed by atoms with Crippen molar-refractivity contribution >= 4 is 23.4 Å². The zero-order valence-corrected chi connectivity index (χ0v) is 20.9. The summed E-state index contributed by atoms with van der Waals surface area (Å²) in [6.07, 6.45) is 8.90. The molecule has 2 aromatic heterocycles. The van der Waals surface area contributed by atoms with Crippen molar-refractivity contribution in [3.63, 3.8) is 0 Å². The summed E-state index contributed by atoms with van der Waals surface area (Å²) in [5.74, 6) is 0.450. The van der Waals surface area contributed by atoms with Gasteiger partial charge < -0.3 is 19.2 Å². The first-order chi connectivity index (χ1) is 17.0. The highest BCUT2D eigenvalue weighted by Gasteiger charge is 2.48. The monoisotopic (exact) mass is 493 g/mol. The number of nitrogens with zero attached hydrogens (tertiary/aromatic N) is 2. The fourth-order valence-corrected chi connectivity index (χ4v) is 5.67. The number of furan rings is 1. The molecule has 1 aliphatic carbocycles. The predicted octanol–water partition coefficient (Wildman–Crippen LogP) is 5.70. The molecule has 1 atom stereocenters. The van der Waals surface area contributed by atoms with Crippen molar-refractivity contribution in [1.82, 2.24) is 14.8 Å². The van der Waals surface area contributed by atoms with Crippen molar-refractivity contribution in [1.29, 1.82) is 0 Å². The number of carbonyl (C=O) groups excluding carboxylic acids is 2. The molecular formula is C28H32ClN3O3. The van der Waals surface area contributed by atoms with Gasteiger partial charge in [0.2, 0.25) is 5.91 Å². The Kier molecular flexibility index (Phi) is 6.74. The van der Waals surface area contributed by atoms with Gasteiger partial charge in [-0.25, -0.2) is 0 Å². The predicted molar refractivity (Wildman–Crippen MR) is 136 cm³/mol. The van der Waals surface area contributed by atoms with Gasteiger partial charge in [0.05, 0.1) is 18.5 Å². The lowest BCUT2D eigenvalue weighted by Gasteiger charge is -2.45. The van der Waals surface area contributed by atoms with Gasteiger partial charge in [-0.15, -0.1) is 0 Å². The van der Waals surface area contributed by atoms with Crippen molar-refractivity contribution in [3.05, 3.63) is 71.1 Å². The second kappa shape index (κ2) is 9.94. The fraction of sp³-hybridized carbons (Fsp3) is 0.429. The molecule has 7 heteroatoms. The zero-order chi connectivity index (χ0) is 24.4. The number of rotatable bonds is 6. The van der Waals surface area contributed by atoms with Gasteiger partial charge in [0.25, 0.3) is 5.91 Å². The van der Waals surface area contributed by atoms with E-state index in [1.54, 1.807) is 11.2 Å². The van der Waals surface area contributed by atoms with Gasteiger partial charge in [-0.3, -0.25) is 9.59 Å². The van der Waals surface area contributed by atoms with Gasteiger partial charge in [-0.2, -0.15) is 0 Å². The molecule has 0 unspecified atom stereocenters. The van der Waals surface area contributed by atoms with Crippen LogP contribution >= 0.6 is 11.6 Å². The van der Waals surface area contributed by atoms with E-state index in [2.05, 4.69) is 5.32 Å². The first-order valence-electron chi connectivity index (χ1n) is 12.6. The maximum Gasteiger partial charge on any atom is 0.271 e. The Bertz CT molecular complexity index is 1190. The molecule has 0 radical (unpaired) electrons. The average Bonchev–Trinajstić information content (AvgIpc) is 3.44. The number of hydrogen-bond donors (Lipinski definition) is 1. The maximum absolute atomic E-state index is 13.9. The highest BCUT2D eigenvalue weighted by atomic mass is 35.5. The van der Waals surface area contributed by atoms with Crippen LogP contribution in [-0.4, -0.2) is 39.4 Å². The number of amides is 2. The highest BCUT2D eigenvalue weighted by Crippen LogP contribution is 2.34. The normalized spacial score (nSPS) is 21.0. The third-order valence-electron chi connectivity index (χ3n) is 7.47. The van der Waals surface area contributed by atoms with Gasteiger partial charge in [-0.05, 0) is 68.1 Å². The Hall–Kier alpha value is -2.99. The molecule has 0 saturated heterocycles. The summed E-state index contributed by atoms with van der Waals surface area (Å²) in [7, 11) is 0. The van der Waals surface area contributed by atoms with E-state index in [1.165, 1.54) is 12.8 Å². The average molecular weight is 494 g/mol. The third kappa shape index (κ3) is 4.76. The van der Waals surface area contributed by atoms with Crippen LogP contribution in [0.15, 0.2) is 59.2 Å². The number of hydrogen-bond acceptors (Lipinski definition) is 3. The molecule has 1 N–H and O–H groups in total. The van der Waals surface area contributed by atoms with Crippen molar-refractivity contribution in [3.8, 4) is 11.5 Å². The Morgan fingerprint density at radius 2 is 1.86 bits per heavy atom. The molecule has 1 fully saturated rings. The van der Waals surface area contributed by atoms with Crippen LogP contribution in [0.25, 0.3) is 11.5 Å². The Morgan fingerprint density at radius 3 is 2.57 bits per heavy atom. The maximum atomic E-state index is 13.9. The molecule has 5 rings (SSSR count). The number of nitrogens with one attached hydrogen (secondary N) is 1. The van der Waals surface area contributed by atoms with E-state index in [4.69, 9.17) is 16.0 Å². The van der Waals surface area contributed by atoms with Crippen LogP contribution in [0.3, 0.4) is 0 Å². The summed E-state index contributed by atoms with van der Waals surface area (Å²) in [6, 6.07) is 15.3. The molecule has 3 aromatic rings. The molecule has 2 amide bonds. The van der Waals surface area contributed by atoms with Gasteiger partial charge in [0.1, 0.15) is 17.0 Å². The van der Waals surface area contributed by atoms with Crippen LogP contribution < -0.4 is 5.32 Å². The number of benzene rings is 1. The van der Waals surface area contributed by atoms with Gasteiger partial charge in [0, 0.05) is 17.6 Å². The molecule has 35 heavy (non-hydrogen) atoms. The van der Waals surface area contributed by atoms with Crippen molar-refractivity contribution in [2.24, 2.45) is 0 Å². The number of aromatic nitrogens is 1. The van der Waals surface area contributed by atoms with E-state index in [0.717, 1.165) is 36.9 Å². The summed E-state index contributed by atoms with van der Waals surface area (Å²) >= 11 is 6.18. The minimum Gasteiger partial charge on any atom is -0.463 e. The van der Waals surface area contributed by atoms with Gasteiger partial charge in [0.15, 0.2) is 0 Å². The quantitative estimate of drug-likeness (QED) is 0.448. The summed E-state index contributed by atoms with van der Waals surface area (Å²) in [5, 5.41) is 3.98. The molecule has 0 bridgehead atoms. The van der Waals surface area contributed by atoms with E-state index in [0.29, 0.717) is 36.0 Å². The second-order valence-electron chi connectivity index (χ2n) is 9.94. The number of fused-ring (bicyclic) bond motifs is 1. The zero-order valence-electron chi connectivity index (χ0n) is 20.1. The molecule has 1 aromatic carbocycles. The van der Waals surface area contributed by atoms with E-state index >= 15 is 0 Å². The lowest BCUT2D eigenvalue weighted by atomic mass is 9.93. The molecule has 1 aliphatic heterocycles. The number of carbonyl (C=O) groups is 2. The fourth-order valence-electron chi connectivity index (χ4n) is 5.46. The molecule has 184 valence electrons. The van der Waals surface area contributed by atoms with Crippen molar-refractivity contribution in [2.45, 2.75) is 70.0 Å². The topological polar surface area (TPSA) is 67.5 Å². The highest BCUT2D eigenvalue weighted by molar-refractivity contribution is 6.30. The molecule has 3 heterocycles. The van der Waals surface area contributed by atoms with E-state index in [-0.39, 0.29) is 17.9 Å². The van der Waals surface area contributed by atoms with Crippen LogP contribution in [0, 0.1) is 0 Å². The van der Waals surface area contributed by atoms with E-state index < -0.39 is 5.54 Å². The van der Waals surface area contributed by atoms with Crippen LogP contribution in [0.5, 0.6) is 0 Å². The van der Waals surface area contributed by atoms with Crippen LogP contribution in [0.2, 0.25) is 5.02 Å². The van der Waals surface area contributed by atoms with Crippen molar-refractivity contribution in [2.75, 3.05) is 6.54 Å². The summed E-state index contributed by atoms with van der Waals surface area (Å²) < 4.78 is 7.56. The summed E-state index contributed by atoms with van der Waals surface area (Å²) in [4.78, 5) is 29.5. The standard InChI is InChI=1S/C28H32ClN3O3/c1-28(27(34)30-22-10-4-2-3-5-11-22)19-31-23(25-12-7-17-35-25)13-14-24(31)26(33)32(28)16-15-20-8-6-9-21(29)18-20/h6-9,12-14,17-18,22H,2-5,10-11,15-16,19H2,1H3,(H,30,34)/t28-/m0/s1. The number of halogens is 1. The smallest absolute Gasteiger partial charge is 0.271 e. The minimum absolute atomic E-state index is 0.0893. The lowest BCUT2D eigenvalue weighted by Crippen LogP contribution is -2.65. The second-order valence-corrected chi connectivity index (χ2v) is 10.4. The van der Waals surface area contributed by atoms with Crippen LogP contribution in [0.1, 0.15) is 61.5 Å². The molecule has 2 aliphatic rings. The lowest BCUT2D eigenvalue weighted by molar-refractivity contribution is -0.133. The molecule has 6 nitrogen and oxygen atoms in total. The SMILES string of the molecule is C[C@@]1(C(=O)NC2CCCCCC2)Cn2c(ccc2-c2ccco2)C(=O)N1CCc1cccc(Cl)c1. The van der Waals surface area contributed by atoms with Crippen LogP contribution in [0.4, 0.5) is 0 Å². The van der Waals surface area contributed by atoms with Crippen LogP contribution in [-0.2, 0) is 17.8 Å². The molecular weight excluding hydrogens is 462 g/mol. The third-order valence-corrected chi connectivity index (χ3v) is 7.71. The van der Waals surface area contributed by atoms with E-state index in [1.807, 2.05) is 60.0 Å². The minimum atomic E-state index is -1.03. The van der Waals surface area contributed by atoms with E-state index in [9.17, 15) is 9.59 Å². The first kappa shape index (κ1) is 23.7. The first-order valence-corrected chi connectivity index (χ1v) is 12.9. The Balaban J connectivity index is 1.47. The van der Waals surface area contributed by atoms with Gasteiger partial charge in [-0.1, -0.05) is 49.4 Å². The summed E-state index contributed by atoms with van der Waals surface area (Å²) in [6.45, 7) is 2.68. The molecule has 1 saturated carbocycles. The Morgan fingerprint density at radius 1 is 1.09 bits per heavy atom. The largest absolute Gasteiger partial charge is 0.463 e.